The van der Waals surface area contributed by atoms with Gasteiger partial charge < -0.3 is 30.7 Å². The Kier molecular flexibility index (Phi) is 8.18. The van der Waals surface area contributed by atoms with E-state index in [0.29, 0.717) is 24.0 Å². The van der Waals surface area contributed by atoms with Gasteiger partial charge in [0.1, 0.15) is 24.0 Å². The van der Waals surface area contributed by atoms with Crippen molar-refractivity contribution < 1.29 is 28.4 Å². The monoisotopic (exact) mass is 563 g/mol. The number of rotatable bonds is 11. The van der Waals surface area contributed by atoms with Gasteiger partial charge in [0.25, 0.3) is 17.4 Å². The number of nitrogens with zero attached hydrogens (tertiary/aromatic N) is 1. The molecule has 41 heavy (non-hydrogen) atoms. The summed E-state index contributed by atoms with van der Waals surface area (Å²) in [5, 5.41) is 8.06. The van der Waals surface area contributed by atoms with Crippen molar-refractivity contribution >= 4 is 41.2 Å². The maximum atomic E-state index is 13.2. The Labute approximate surface area is 235 Å². The molecule has 4 unspecified atom stereocenters. The first-order valence-corrected chi connectivity index (χ1v) is 13.9. The number of ketones is 1. The number of aromatic nitrogens is 1. The van der Waals surface area contributed by atoms with Gasteiger partial charge in [-0.1, -0.05) is 12.5 Å². The van der Waals surface area contributed by atoms with Gasteiger partial charge in [0.05, 0.1) is 0 Å². The van der Waals surface area contributed by atoms with Gasteiger partial charge in [-0.3, -0.25) is 28.8 Å². The highest BCUT2D eigenvalue weighted by atomic mass is 16.4. The molecule has 2 aromatic rings. The highest BCUT2D eigenvalue weighted by Gasteiger charge is 2.40. The maximum Gasteiger partial charge on any atom is 0.287 e. The van der Waals surface area contributed by atoms with Gasteiger partial charge in [-0.25, -0.2) is 0 Å². The molecule has 4 atom stereocenters. The smallest absolute Gasteiger partial charge is 0.287 e. The molecule has 0 saturated heterocycles. The summed E-state index contributed by atoms with van der Waals surface area (Å²) in [6.45, 7) is -0.207. The fourth-order valence-electron chi connectivity index (χ4n) is 6.02. The van der Waals surface area contributed by atoms with Crippen LogP contribution in [0.5, 0.6) is 0 Å². The number of pyridine rings is 1. The molecule has 2 saturated carbocycles. The SMILES string of the molecule is NC(=O)C(=O)CCC(NC(=O)c1cc2c(o1)C=CCC2)C(=O)Nc1cccn(CC(=O)NC2CC3CCC2C3)c1=O. The molecule has 3 aliphatic rings. The van der Waals surface area contributed by atoms with Crippen LogP contribution in [0.25, 0.3) is 6.08 Å². The number of carbonyl (C=O) groups excluding carboxylic acids is 5. The van der Waals surface area contributed by atoms with Gasteiger partial charge in [-0.05, 0) is 80.2 Å². The molecule has 4 amide bonds. The number of Topliss-reactive ketones (excluding diaryl/α,β-unsaturated/α-hetero) is 1. The number of furan rings is 1. The van der Waals surface area contributed by atoms with Crippen LogP contribution in [0.2, 0.25) is 0 Å². The van der Waals surface area contributed by atoms with Gasteiger partial charge in [0.15, 0.2) is 5.76 Å². The number of fused-ring (bicyclic) bond motifs is 3. The van der Waals surface area contributed by atoms with E-state index in [1.807, 2.05) is 6.08 Å². The fraction of sp³-hybridized carbons (Fsp3) is 0.448. The summed E-state index contributed by atoms with van der Waals surface area (Å²) in [5.74, 6) is -2.12. The second-order valence-electron chi connectivity index (χ2n) is 11.0. The Hall–Kier alpha value is -4.48. The Bertz CT molecular complexity index is 1470. The van der Waals surface area contributed by atoms with E-state index in [1.54, 1.807) is 12.1 Å². The first-order chi connectivity index (χ1) is 19.7. The lowest BCUT2D eigenvalue weighted by Crippen LogP contribution is -2.45. The Morgan fingerprint density at radius 3 is 2.68 bits per heavy atom. The predicted octanol–water partition coefficient (Wildman–Crippen LogP) is 1.28. The van der Waals surface area contributed by atoms with Crippen molar-refractivity contribution in [2.24, 2.45) is 17.6 Å². The number of aryl methyl sites for hydroxylation is 1. The van der Waals surface area contributed by atoms with Crippen molar-refractivity contribution in [3.63, 3.8) is 0 Å². The number of hydrogen-bond acceptors (Lipinski definition) is 7. The van der Waals surface area contributed by atoms with Gasteiger partial charge in [-0.2, -0.15) is 0 Å². The molecule has 2 bridgehead atoms. The molecular formula is C29H33N5O7. The number of anilines is 1. The van der Waals surface area contributed by atoms with E-state index >= 15 is 0 Å². The first-order valence-electron chi connectivity index (χ1n) is 13.9. The van der Waals surface area contributed by atoms with E-state index in [2.05, 4.69) is 16.0 Å². The van der Waals surface area contributed by atoms with Gasteiger partial charge >= 0.3 is 0 Å². The number of nitrogens with one attached hydrogen (secondary N) is 3. The molecule has 5 rings (SSSR count). The van der Waals surface area contributed by atoms with E-state index < -0.39 is 41.5 Å². The third-order valence-electron chi connectivity index (χ3n) is 8.15. The number of hydrogen-bond donors (Lipinski definition) is 4. The van der Waals surface area contributed by atoms with Crippen molar-refractivity contribution in [3.8, 4) is 0 Å². The van der Waals surface area contributed by atoms with Gasteiger partial charge in [-0.15, -0.1) is 0 Å². The van der Waals surface area contributed by atoms with Crippen molar-refractivity contribution in [2.45, 2.75) is 70.0 Å². The zero-order valence-corrected chi connectivity index (χ0v) is 22.5. The molecule has 3 aliphatic carbocycles. The second kappa shape index (κ2) is 11.9. The van der Waals surface area contributed by atoms with E-state index in [1.165, 1.54) is 29.3 Å². The summed E-state index contributed by atoms with van der Waals surface area (Å²) in [6, 6.07) is 3.33. The molecular weight excluding hydrogens is 530 g/mol. The molecule has 12 heteroatoms. The average molecular weight is 564 g/mol. The minimum absolute atomic E-state index is 0.0101. The Morgan fingerprint density at radius 1 is 1.15 bits per heavy atom. The van der Waals surface area contributed by atoms with Crippen LogP contribution in [0.15, 0.2) is 39.7 Å². The predicted molar refractivity (Wildman–Crippen MR) is 147 cm³/mol. The van der Waals surface area contributed by atoms with Crippen LogP contribution in [-0.4, -0.2) is 46.1 Å². The van der Waals surface area contributed by atoms with Crippen molar-refractivity contribution in [1.29, 1.82) is 0 Å². The van der Waals surface area contributed by atoms with Gasteiger partial charge in [0.2, 0.25) is 17.6 Å². The minimum atomic E-state index is -1.29. The van der Waals surface area contributed by atoms with Crippen molar-refractivity contribution in [2.75, 3.05) is 5.32 Å². The highest BCUT2D eigenvalue weighted by molar-refractivity contribution is 6.35. The van der Waals surface area contributed by atoms with Crippen LogP contribution >= 0.6 is 0 Å². The van der Waals surface area contributed by atoms with Crippen LogP contribution in [0.1, 0.15) is 66.8 Å². The zero-order chi connectivity index (χ0) is 29.1. The molecule has 0 aromatic carbocycles. The largest absolute Gasteiger partial charge is 0.451 e. The van der Waals surface area contributed by atoms with Crippen LogP contribution in [0.3, 0.4) is 0 Å². The molecule has 5 N–H and O–H groups in total. The standard InChI is InChI=1S/C29H33N5O7/c30-26(37)22(35)10-9-19(32-28(39)24-14-18-4-1-2-6-23(18)41-24)27(38)33-20-5-3-11-34(29(20)40)15-25(36)31-21-13-16-7-8-17(21)12-16/h2-3,5-6,11,14,16-17,19,21H,1,4,7-10,12-13,15H2,(H2,30,37)(H,31,36)(H,32,39)(H,33,38). The average Bonchev–Trinajstić information content (AvgIpc) is 3.68. The van der Waals surface area contributed by atoms with Crippen molar-refractivity contribution in [3.05, 3.63) is 57.9 Å². The minimum Gasteiger partial charge on any atom is -0.451 e. The first kappa shape index (κ1) is 28.1. The lowest BCUT2D eigenvalue weighted by molar-refractivity contribution is -0.136. The van der Waals surface area contributed by atoms with Crippen molar-refractivity contribution in [1.82, 2.24) is 15.2 Å². The summed E-state index contributed by atoms with van der Waals surface area (Å²) in [5.41, 5.74) is 5.19. The number of primary amides is 1. The number of allylic oxidation sites excluding steroid dienone is 1. The van der Waals surface area contributed by atoms with Crippen LogP contribution < -0.4 is 27.2 Å². The molecule has 12 nitrogen and oxygen atoms in total. The topological polar surface area (TPSA) is 183 Å². The van der Waals surface area contributed by atoms with Crippen LogP contribution in [0.4, 0.5) is 5.69 Å². The Morgan fingerprint density at radius 2 is 1.98 bits per heavy atom. The third kappa shape index (κ3) is 6.47. The molecule has 2 heterocycles. The van der Waals surface area contributed by atoms with Crippen LogP contribution in [0, 0.1) is 11.8 Å². The summed E-state index contributed by atoms with van der Waals surface area (Å²) < 4.78 is 6.80. The molecule has 0 aliphatic heterocycles. The summed E-state index contributed by atoms with van der Waals surface area (Å²) >= 11 is 0. The molecule has 0 spiro atoms. The number of nitrogens with two attached hydrogens (primary N) is 1. The summed E-state index contributed by atoms with van der Waals surface area (Å²) in [6.07, 6.45) is 10.4. The molecule has 2 fully saturated rings. The van der Waals surface area contributed by atoms with E-state index in [-0.39, 0.29) is 36.4 Å². The molecule has 216 valence electrons. The zero-order valence-electron chi connectivity index (χ0n) is 22.5. The van der Waals surface area contributed by atoms with Crippen LogP contribution in [-0.2, 0) is 32.1 Å². The van der Waals surface area contributed by atoms with E-state index in [4.69, 9.17) is 10.2 Å². The third-order valence-corrected chi connectivity index (χ3v) is 8.15. The lowest BCUT2D eigenvalue weighted by atomic mass is 9.95. The summed E-state index contributed by atoms with van der Waals surface area (Å²) in [4.78, 5) is 75.0. The summed E-state index contributed by atoms with van der Waals surface area (Å²) in [7, 11) is 0. The molecule has 0 radical (unpaired) electrons. The maximum absolute atomic E-state index is 13.2. The Balaban J connectivity index is 1.26. The lowest BCUT2D eigenvalue weighted by Gasteiger charge is -2.23. The van der Waals surface area contributed by atoms with Gasteiger partial charge in [0, 0.05) is 18.7 Å². The normalized spacial score (nSPS) is 21.1. The quantitative estimate of drug-likeness (QED) is 0.297. The number of carbonyl (C=O) groups is 5. The molecule has 2 aromatic heterocycles. The van der Waals surface area contributed by atoms with E-state index in [0.717, 1.165) is 31.2 Å². The fourth-order valence-corrected chi connectivity index (χ4v) is 6.02. The highest BCUT2D eigenvalue weighted by Crippen LogP contribution is 2.44. The van der Waals surface area contributed by atoms with E-state index in [9.17, 15) is 28.8 Å². The number of amides is 4. The second-order valence-corrected chi connectivity index (χ2v) is 11.0.